The summed E-state index contributed by atoms with van der Waals surface area (Å²) in [6, 6.07) is 16.0. The van der Waals surface area contributed by atoms with Gasteiger partial charge in [0.05, 0.1) is 0 Å². The first-order valence-corrected chi connectivity index (χ1v) is 11.7. The molecule has 0 radical (unpaired) electrons. The highest BCUT2D eigenvalue weighted by Crippen LogP contribution is 2.36. The maximum absolute atomic E-state index is 12.8. The predicted octanol–water partition coefficient (Wildman–Crippen LogP) is 5.04. The number of benzene rings is 2. The minimum atomic E-state index is -0.0808. The van der Waals surface area contributed by atoms with Gasteiger partial charge in [0.1, 0.15) is 0 Å². The van der Waals surface area contributed by atoms with E-state index in [-0.39, 0.29) is 11.8 Å². The minimum absolute atomic E-state index is 0.0608. The molecular weight excluding hydrogens is 398 g/mol. The Balaban J connectivity index is 2.05. The van der Waals surface area contributed by atoms with Crippen LogP contribution < -0.4 is 5.32 Å². The van der Waals surface area contributed by atoms with Crippen molar-refractivity contribution in [2.45, 2.75) is 40.5 Å². The molecule has 1 saturated heterocycles. The third-order valence-corrected chi connectivity index (χ3v) is 6.24. The average Bonchev–Trinajstić information content (AvgIpc) is 2.81. The quantitative estimate of drug-likeness (QED) is 0.665. The van der Waals surface area contributed by atoms with Crippen LogP contribution in [0.25, 0.3) is 5.57 Å². The number of anilines is 1. The van der Waals surface area contributed by atoms with Crippen LogP contribution in [0.3, 0.4) is 0 Å². The number of nitrogens with one attached hydrogen (secondary N) is 1. The Hall–Kier alpha value is -2.92. The van der Waals surface area contributed by atoms with E-state index in [0.717, 1.165) is 49.3 Å². The molecule has 0 saturated carbocycles. The lowest BCUT2D eigenvalue weighted by Gasteiger charge is -2.29. The van der Waals surface area contributed by atoms with Crippen LogP contribution in [0.5, 0.6) is 0 Å². The van der Waals surface area contributed by atoms with Crippen molar-refractivity contribution in [1.82, 2.24) is 9.80 Å². The van der Waals surface area contributed by atoms with Gasteiger partial charge in [-0.15, -0.1) is 0 Å². The monoisotopic (exact) mass is 433 g/mol. The van der Waals surface area contributed by atoms with Gasteiger partial charge in [-0.25, -0.2) is 0 Å². The van der Waals surface area contributed by atoms with Gasteiger partial charge < -0.3 is 15.1 Å². The molecule has 1 aliphatic rings. The smallest absolute Gasteiger partial charge is 0.253 e. The molecule has 170 valence electrons. The van der Waals surface area contributed by atoms with Gasteiger partial charge in [0.25, 0.3) is 5.91 Å². The Morgan fingerprint density at radius 2 is 1.50 bits per heavy atom. The zero-order chi connectivity index (χ0) is 23.1. The molecule has 0 aliphatic carbocycles. The lowest BCUT2D eigenvalue weighted by molar-refractivity contribution is -0.114. The SMILES string of the molecule is CCN1CCC(=C(c2ccc(C(=O)N(CC)CC)cc2)c2ccccc2NC(C)=O)CC1. The summed E-state index contributed by atoms with van der Waals surface area (Å²) in [5.74, 6) is -0.0200. The highest BCUT2D eigenvalue weighted by Gasteiger charge is 2.21. The molecule has 2 amide bonds. The van der Waals surface area contributed by atoms with Crippen molar-refractivity contribution in [3.8, 4) is 0 Å². The molecule has 0 aromatic heterocycles. The average molecular weight is 434 g/mol. The summed E-state index contributed by atoms with van der Waals surface area (Å²) in [4.78, 5) is 28.9. The Bertz CT molecular complexity index is 965. The van der Waals surface area contributed by atoms with Gasteiger partial charge in [-0.1, -0.05) is 42.8 Å². The van der Waals surface area contributed by atoms with E-state index < -0.39 is 0 Å². The van der Waals surface area contributed by atoms with Crippen LogP contribution in [0.2, 0.25) is 0 Å². The highest BCUT2D eigenvalue weighted by molar-refractivity contribution is 5.97. The van der Waals surface area contributed by atoms with E-state index in [1.165, 1.54) is 18.1 Å². The second-order valence-corrected chi connectivity index (χ2v) is 8.19. The van der Waals surface area contributed by atoms with Gasteiger partial charge in [0.15, 0.2) is 0 Å². The van der Waals surface area contributed by atoms with Gasteiger partial charge in [0, 0.05) is 49.9 Å². The normalized spacial score (nSPS) is 14.2. The first-order chi connectivity index (χ1) is 15.5. The van der Waals surface area contributed by atoms with Crippen LogP contribution in [0.4, 0.5) is 5.69 Å². The maximum Gasteiger partial charge on any atom is 0.253 e. The first-order valence-electron chi connectivity index (χ1n) is 11.7. The Morgan fingerprint density at radius 1 is 0.906 bits per heavy atom. The van der Waals surface area contributed by atoms with E-state index in [1.54, 1.807) is 0 Å². The van der Waals surface area contributed by atoms with Gasteiger partial charge in [-0.2, -0.15) is 0 Å². The number of carbonyl (C=O) groups is 2. The Morgan fingerprint density at radius 3 is 2.06 bits per heavy atom. The van der Waals surface area contributed by atoms with Crippen molar-refractivity contribution in [1.29, 1.82) is 0 Å². The second kappa shape index (κ2) is 11.1. The summed E-state index contributed by atoms with van der Waals surface area (Å²) in [7, 11) is 0. The number of nitrogens with zero attached hydrogens (tertiary/aromatic N) is 2. The third kappa shape index (κ3) is 5.46. The van der Waals surface area contributed by atoms with Crippen molar-refractivity contribution in [3.63, 3.8) is 0 Å². The Labute approximate surface area is 192 Å². The maximum atomic E-state index is 12.8. The second-order valence-electron chi connectivity index (χ2n) is 8.19. The van der Waals surface area contributed by atoms with Crippen molar-refractivity contribution >= 4 is 23.1 Å². The molecule has 1 aliphatic heterocycles. The molecule has 2 aromatic carbocycles. The number of rotatable bonds is 7. The van der Waals surface area contributed by atoms with Gasteiger partial charge in [0.2, 0.25) is 5.91 Å². The number of hydrogen-bond acceptors (Lipinski definition) is 3. The molecule has 5 heteroatoms. The number of likely N-dealkylation sites (tertiary alicyclic amines) is 1. The van der Waals surface area contributed by atoms with Gasteiger partial charge in [-0.05, 0) is 62.6 Å². The van der Waals surface area contributed by atoms with Gasteiger partial charge >= 0.3 is 0 Å². The molecule has 1 fully saturated rings. The summed E-state index contributed by atoms with van der Waals surface area (Å²) >= 11 is 0. The van der Waals surface area contributed by atoms with E-state index in [9.17, 15) is 9.59 Å². The zero-order valence-corrected chi connectivity index (χ0v) is 19.8. The number of carbonyl (C=O) groups excluding carboxylic acids is 2. The lowest BCUT2D eigenvalue weighted by Crippen LogP contribution is -2.31. The molecule has 1 heterocycles. The van der Waals surface area contributed by atoms with E-state index in [0.29, 0.717) is 18.7 Å². The molecule has 5 nitrogen and oxygen atoms in total. The summed E-state index contributed by atoms with van der Waals surface area (Å²) in [6.07, 6.45) is 2.00. The molecular formula is C27H35N3O2. The van der Waals surface area contributed by atoms with Crippen LogP contribution in [0.15, 0.2) is 54.1 Å². The molecule has 3 rings (SSSR count). The zero-order valence-electron chi connectivity index (χ0n) is 19.8. The predicted molar refractivity (Wildman–Crippen MR) is 132 cm³/mol. The van der Waals surface area contributed by atoms with E-state index in [4.69, 9.17) is 0 Å². The first kappa shape index (κ1) is 23.7. The van der Waals surface area contributed by atoms with Crippen molar-refractivity contribution in [2.24, 2.45) is 0 Å². The number of hydrogen-bond donors (Lipinski definition) is 1. The number of piperidine rings is 1. The van der Waals surface area contributed by atoms with Crippen LogP contribution in [0, 0.1) is 0 Å². The molecule has 0 bridgehead atoms. The van der Waals surface area contributed by atoms with Crippen molar-refractivity contribution in [2.75, 3.05) is 38.0 Å². The van der Waals surface area contributed by atoms with Crippen LogP contribution in [-0.2, 0) is 4.79 Å². The van der Waals surface area contributed by atoms with Crippen LogP contribution >= 0.6 is 0 Å². The highest BCUT2D eigenvalue weighted by atomic mass is 16.2. The summed E-state index contributed by atoms with van der Waals surface area (Å²) in [5, 5.41) is 3.00. The fourth-order valence-electron chi connectivity index (χ4n) is 4.41. The molecule has 1 N–H and O–H groups in total. The van der Waals surface area contributed by atoms with E-state index >= 15 is 0 Å². The fraction of sp³-hybridized carbons (Fsp3) is 0.407. The van der Waals surface area contributed by atoms with Crippen LogP contribution in [-0.4, -0.2) is 54.3 Å². The summed E-state index contributed by atoms with van der Waals surface area (Å²) < 4.78 is 0. The fourth-order valence-corrected chi connectivity index (χ4v) is 4.41. The molecule has 0 unspecified atom stereocenters. The molecule has 0 atom stereocenters. The number of amides is 2. The van der Waals surface area contributed by atoms with Crippen LogP contribution in [0.1, 0.15) is 62.0 Å². The standard InChI is InChI=1S/C27H35N3O2/c1-5-29-18-16-22(17-19-29)26(24-10-8-9-11-25(24)28-20(4)31)21-12-14-23(15-13-21)27(32)30(6-2)7-3/h8-15H,5-7,16-19H2,1-4H3,(H,28,31). The summed E-state index contributed by atoms with van der Waals surface area (Å²) in [5.41, 5.74) is 6.22. The molecule has 32 heavy (non-hydrogen) atoms. The molecule has 0 spiro atoms. The molecule has 2 aromatic rings. The topological polar surface area (TPSA) is 52.7 Å². The van der Waals surface area contributed by atoms with Crippen molar-refractivity contribution < 1.29 is 9.59 Å². The number of para-hydroxylation sites is 1. The van der Waals surface area contributed by atoms with Gasteiger partial charge in [-0.3, -0.25) is 9.59 Å². The minimum Gasteiger partial charge on any atom is -0.339 e. The van der Waals surface area contributed by atoms with E-state index in [2.05, 4.69) is 35.3 Å². The largest absolute Gasteiger partial charge is 0.339 e. The lowest BCUT2D eigenvalue weighted by atomic mass is 9.87. The van der Waals surface area contributed by atoms with E-state index in [1.807, 2.05) is 49.1 Å². The third-order valence-electron chi connectivity index (χ3n) is 6.24. The Kier molecular flexibility index (Phi) is 8.23. The summed E-state index contributed by atoms with van der Waals surface area (Å²) in [6.45, 7) is 12.3. The van der Waals surface area contributed by atoms with Crippen molar-refractivity contribution in [3.05, 3.63) is 70.8 Å².